The van der Waals surface area contributed by atoms with Gasteiger partial charge < -0.3 is 15.6 Å². The number of hydrogen-bond donors (Lipinski definition) is 2. The fourth-order valence-corrected chi connectivity index (χ4v) is 1.09. The lowest BCUT2D eigenvalue weighted by Gasteiger charge is -1.99. The van der Waals surface area contributed by atoms with E-state index in [1.54, 1.807) is 6.07 Å². The Bertz CT molecular complexity index is 461. The molecule has 1 aromatic rings. The van der Waals surface area contributed by atoms with Crippen LogP contribution in [0, 0.1) is 0 Å². The summed E-state index contributed by atoms with van der Waals surface area (Å²) >= 11 is 5.54. The minimum absolute atomic E-state index is 0.0394. The van der Waals surface area contributed by atoms with Crippen molar-refractivity contribution in [3.8, 4) is 0 Å². The minimum Gasteiger partial charge on any atom is -0.478 e. The highest BCUT2D eigenvalue weighted by atomic mass is 35.5. The van der Waals surface area contributed by atoms with Crippen LogP contribution in [0.25, 0.3) is 0 Å². The highest BCUT2D eigenvalue weighted by Crippen LogP contribution is 2.17. The van der Waals surface area contributed by atoms with Gasteiger partial charge in [-0.05, 0) is 18.2 Å². The van der Waals surface area contributed by atoms with Crippen molar-refractivity contribution in [1.82, 2.24) is 0 Å². The Kier molecular flexibility index (Phi) is 6.44. The zero-order valence-corrected chi connectivity index (χ0v) is 10.5. The van der Waals surface area contributed by atoms with E-state index in [-0.39, 0.29) is 11.3 Å². The van der Waals surface area contributed by atoms with E-state index >= 15 is 0 Å². The minimum atomic E-state index is -1.06. The summed E-state index contributed by atoms with van der Waals surface area (Å²) in [5.74, 6) is -2.19. The van der Waals surface area contributed by atoms with Crippen LogP contribution < -0.4 is 5.73 Å². The highest BCUT2D eigenvalue weighted by Gasteiger charge is 2.06. The monoisotopic (exact) mass is 273 g/mol. The number of anilines is 1. The Labute approximate surface area is 108 Å². The predicted molar refractivity (Wildman–Crippen MR) is 65.3 cm³/mol. The Hall–Kier alpha value is -2.08. The molecule has 0 radical (unpaired) electrons. The molecule has 0 spiro atoms. The average Bonchev–Trinajstić information content (AvgIpc) is 2.20. The van der Waals surface area contributed by atoms with E-state index in [0.29, 0.717) is 5.02 Å². The number of carboxylic acids is 1. The molecule has 7 heteroatoms. The van der Waals surface area contributed by atoms with Crippen molar-refractivity contribution in [3.63, 3.8) is 0 Å². The molecule has 3 N–H and O–H groups in total. The maximum atomic E-state index is 10.4. The van der Waals surface area contributed by atoms with Crippen molar-refractivity contribution in [2.24, 2.45) is 0 Å². The Morgan fingerprint density at radius 3 is 2.00 bits per heavy atom. The van der Waals surface area contributed by atoms with Gasteiger partial charge in [-0.1, -0.05) is 11.6 Å². The number of esters is 2. The van der Waals surface area contributed by atoms with Gasteiger partial charge in [-0.15, -0.1) is 0 Å². The molecule has 6 nitrogen and oxygen atoms in total. The summed E-state index contributed by atoms with van der Waals surface area (Å²) in [6.45, 7) is 2.36. The molecular weight excluding hydrogens is 262 g/mol. The second-order valence-electron chi connectivity index (χ2n) is 3.12. The first kappa shape index (κ1) is 15.9. The Balaban J connectivity index is 0.000000360. The normalized spacial score (nSPS) is 8.83. The fourth-order valence-electron chi connectivity index (χ4n) is 0.916. The molecule has 0 heterocycles. The molecule has 0 aromatic heterocycles. The van der Waals surface area contributed by atoms with Gasteiger partial charge in [-0.25, -0.2) is 4.79 Å². The summed E-state index contributed by atoms with van der Waals surface area (Å²) in [5.41, 5.74) is 5.61. The zero-order valence-electron chi connectivity index (χ0n) is 9.77. The van der Waals surface area contributed by atoms with Crippen LogP contribution in [-0.2, 0) is 14.3 Å². The van der Waals surface area contributed by atoms with Crippen LogP contribution in [0.3, 0.4) is 0 Å². The first-order chi connectivity index (χ1) is 8.23. The lowest BCUT2D eigenvalue weighted by molar-refractivity contribution is -0.156. The van der Waals surface area contributed by atoms with Crippen molar-refractivity contribution in [2.75, 3.05) is 5.73 Å². The largest absolute Gasteiger partial charge is 0.478 e. The molecular formula is C11H12ClNO5. The summed E-state index contributed by atoms with van der Waals surface area (Å²) in [6, 6.07) is 4.33. The number of ether oxygens (including phenoxy) is 1. The molecule has 0 saturated carbocycles. The molecule has 0 atom stereocenters. The third-order valence-corrected chi connectivity index (χ3v) is 1.77. The van der Waals surface area contributed by atoms with Gasteiger partial charge in [-0.3, -0.25) is 9.59 Å². The van der Waals surface area contributed by atoms with Crippen molar-refractivity contribution in [2.45, 2.75) is 13.8 Å². The number of carboxylic acid groups (broad SMARTS) is 1. The number of halogens is 1. The number of hydrogen-bond acceptors (Lipinski definition) is 5. The van der Waals surface area contributed by atoms with Crippen LogP contribution in [0.15, 0.2) is 18.2 Å². The van der Waals surface area contributed by atoms with Crippen molar-refractivity contribution in [3.05, 3.63) is 28.8 Å². The van der Waals surface area contributed by atoms with E-state index < -0.39 is 17.9 Å². The average molecular weight is 274 g/mol. The molecule has 0 saturated heterocycles. The van der Waals surface area contributed by atoms with E-state index in [1.807, 2.05) is 0 Å². The molecule has 0 aliphatic carbocycles. The quantitative estimate of drug-likeness (QED) is 0.458. The van der Waals surface area contributed by atoms with Crippen molar-refractivity contribution in [1.29, 1.82) is 0 Å². The Morgan fingerprint density at radius 2 is 1.72 bits per heavy atom. The molecule has 1 rings (SSSR count). The van der Waals surface area contributed by atoms with Crippen LogP contribution in [-0.4, -0.2) is 23.0 Å². The van der Waals surface area contributed by atoms with Gasteiger partial charge >= 0.3 is 17.9 Å². The maximum Gasteiger partial charge on any atom is 0.337 e. The van der Waals surface area contributed by atoms with Crippen LogP contribution in [0.2, 0.25) is 5.02 Å². The van der Waals surface area contributed by atoms with Crippen molar-refractivity contribution >= 4 is 35.2 Å². The number of benzene rings is 1. The molecule has 0 aliphatic rings. The van der Waals surface area contributed by atoms with Crippen molar-refractivity contribution < 1.29 is 24.2 Å². The SMILES string of the molecule is CC(=O)OC(C)=O.Nc1ccc(Cl)cc1C(=O)O. The third-order valence-electron chi connectivity index (χ3n) is 1.53. The lowest BCUT2D eigenvalue weighted by atomic mass is 10.2. The summed E-state index contributed by atoms with van der Waals surface area (Å²) in [4.78, 5) is 30.1. The predicted octanol–water partition coefficient (Wildman–Crippen LogP) is 1.72. The summed E-state index contributed by atoms with van der Waals surface area (Å²) in [6.07, 6.45) is 0. The van der Waals surface area contributed by atoms with E-state index in [2.05, 4.69) is 4.74 Å². The number of carbonyl (C=O) groups is 3. The van der Waals surface area contributed by atoms with Gasteiger partial charge in [-0.2, -0.15) is 0 Å². The number of aromatic carboxylic acids is 1. The summed E-state index contributed by atoms with van der Waals surface area (Å²) in [5, 5.41) is 8.92. The van der Waals surface area contributed by atoms with Gasteiger partial charge in [0.15, 0.2) is 0 Å². The van der Waals surface area contributed by atoms with Gasteiger partial charge in [0.2, 0.25) is 0 Å². The topological polar surface area (TPSA) is 107 Å². The first-order valence-corrected chi connectivity index (χ1v) is 5.09. The van der Waals surface area contributed by atoms with E-state index in [0.717, 1.165) is 0 Å². The highest BCUT2D eigenvalue weighted by molar-refractivity contribution is 6.31. The standard InChI is InChI=1S/C7H6ClNO2.C4H6O3/c8-4-1-2-6(9)5(3-4)7(10)11;1-3(5)7-4(2)6/h1-3H,9H2,(H,10,11);1-2H3. The molecule has 0 fully saturated rings. The van der Waals surface area contributed by atoms with Crippen LogP contribution in [0.5, 0.6) is 0 Å². The lowest BCUT2D eigenvalue weighted by Crippen LogP contribution is -2.03. The number of carbonyl (C=O) groups excluding carboxylic acids is 2. The smallest absolute Gasteiger partial charge is 0.337 e. The van der Waals surface area contributed by atoms with Gasteiger partial charge in [0.1, 0.15) is 0 Å². The first-order valence-electron chi connectivity index (χ1n) is 4.71. The Morgan fingerprint density at radius 1 is 1.22 bits per heavy atom. The molecule has 0 bridgehead atoms. The summed E-state index contributed by atoms with van der Waals surface area (Å²) in [7, 11) is 0. The number of nitrogens with two attached hydrogens (primary N) is 1. The van der Waals surface area contributed by atoms with Crippen LogP contribution in [0.1, 0.15) is 24.2 Å². The molecule has 18 heavy (non-hydrogen) atoms. The van der Waals surface area contributed by atoms with Crippen LogP contribution in [0.4, 0.5) is 5.69 Å². The van der Waals surface area contributed by atoms with Gasteiger partial charge in [0.25, 0.3) is 0 Å². The van der Waals surface area contributed by atoms with E-state index in [1.165, 1.54) is 26.0 Å². The second kappa shape index (κ2) is 7.29. The number of rotatable bonds is 1. The summed E-state index contributed by atoms with van der Waals surface area (Å²) < 4.78 is 3.97. The van der Waals surface area contributed by atoms with Gasteiger partial charge in [0.05, 0.1) is 5.56 Å². The maximum absolute atomic E-state index is 10.4. The van der Waals surface area contributed by atoms with E-state index in [4.69, 9.17) is 22.4 Å². The third kappa shape index (κ3) is 6.49. The molecule has 0 aliphatic heterocycles. The van der Waals surface area contributed by atoms with Gasteiger partial charge in [0, 0.05) is 24.6 Å². The molecule has 0 unspecified atom stereocenters. The van der Waals surface area contributed by atoms with E-state index in [9.17, 15) is 14.4 Å². The molecule has 1 aromatic carbocycles. The second-order valence-corrected chi connectivity index (χ2v) is 3.56. The number of nitrogen functional groups attached to an aromatic ring is 1. The molecule has 98 valence electrons. The zero-order chi connectivity index (χ0) is 14.3. The van der Waals surface area contributed by atoms with Crippen LogP contribution >= 0.6 is 11.6 Å². The fraction of sp³-hybridized carbons (Fsp3) is 0.182. The molecule has 0 amide bonds.